The van der Waals surface area contributed by atoms with E-state index in [1.807, 2.05) is 0 Å². The average molecular weight is 335 g/mol. The molecule has 3 amide bonds. The molecular weight excluding hydrogens is 314 g/mol. The number of hydrogen-bond donors (Lipinski definition) is 0. The van der Waals surface area contributed by atoms with E-state index in [-0.39, 0.29) is 24.1 Å². The zero-order chi connectivity index (χ0) is 16.9. The molecule has 2 saturated heterocycles. The lowest BCUT2D eigenvalue weighted by atomic mass is 10.2. The number of hydrogen-bond acceptors (Lipinski definition) is 5. The van der Waals surface area contributed by atoms with Gasteiger partial charge in [-0.3, -0.25) is 14.4 Å². The van der Waals surface area contributed by atoms with Crippen molar-refractivity contribution >= 4 is 17.7 Å². The summed E-state index contributed by atoms with van der Waals surface area (Å²) in [5.41, 5.74) is 0. The van der Waals surface area contributed by atoms with Crippen LogP contribution in [-0.2, 0) is 14.3 Å². The van der Waals surface area contributed by atoms with Crippen LogP contribution in [0.5, 0.6) is 0 Å². The number of rotatable bonds is 3. The molecule has 130 valence electrons. The molecule has 0 radical (unpaired) electrons. The lowest BCUT2D eigenvalue weighted by Gasteiger charge is -2.35. The number of carbonyl (C=O) groups is 3. The monoisotopic (exact) mass is 335 g/mol. The summed E-state index contributed by atoms with van der Waals surface area (Å²) in [4.78, 5) is 41.6. The summed E-state index contributed by atoms with van der Waals surface area (Å²) >= 11 is 0. The fraction of sp³-hybridized carbons (Fsp3) is 0.562. The highest BCUT2D eigenvalue weighted by atomic mass is 16.5. The molecule has 24 heavy (non-hydrogen) atoms. The Morgan fingerprint density at radius 3 is 2.04 bits per heavy atom. The van der Waals surface area contributed by atoms with Crippen LogP contribution < -0.4 is 0 Å². The van der Waals surface area contributed by atoms with Gasteiger partial charge in [-0.2, -0.15) is 0 Å². The molecule has 0 spiro atoms. The second-order valence-corrected chi connectivity index (χ2v) is 5.82. The summed E-state index contributed by atoms with van der Waals surface area (Å²) in [5, 5.41) is 0. The minimum Gasteiger partial charge on any atom is -0.459 e. The highest BCUT2D eigenvalue weighted by molar-refractivity contribution is 5.97. The number of amides is 3. The lowest BCUT2D eigenvalue weighted by molar-refractivity contribution is -0.143. The van der Waals surface area contributed by atoms with Crippen LogP contribution in [0.2, 0.25) is 0 Å². The number of morpholine rings is 1. The minimum absolute atomic E-state index is 0.119. The molecule has 8 nitrogen and oxygen atoms in total. The third-order valence-corrected chi connectivity index (χ3v) is 4.32. The largest absolute Gasteiger partial charge is 0.459 e. The third-order valence-electron chi connectivity index (χ3n) is 4.32. The number of carbonyl (C=O) groups excluding carboxylic acids is 3. The third kappa shape index (κ3) is 3.76. The fourth-order valence-corrected chi connectivity index (χ4v) is 2.88. The van der Waals surface area contributed by atoms with E-state index < -0.39 is 0 Å². The van der Waals surface area contributed by atoms with Crippen LogP contribution in [0.25, 0.3) is 0 Å². The smallest absolute Gasteiger partial charge is 0.289 e. The van der Waals surface area contributed by atoms with Crippen molar-refractivity contribution in [1.82, 2.24) is 14.7 Å². The topological polar surface area (TPSA) is 83.3 Å². The van der Waals surface area contributed by atoms with Crippen molar-refractivity contribution in [3.05, 3.63) is 24.2 Å². The molecule has 0 N–H and O–H groups in total. The van der Waals surface area contributed by atoms with Crippen molar-refractivity contribution in [2.24, 2.45) is 0 Å². The maximum absolute atomic E-state index is 12.3. The van der Waals surface area contributed by atoms with E-state index in [0.717, 1.165) is 0 Å². The van der Waals surface area contributed by atoms with Crippen molar-refractivity contribution in [3.63, 3.8) is 0 Å². The van der Waals surface area contributed by atoms with Crippen molar-refractivity contribution in [1.29, 1.82) is 0 Å². The standard InChI is InChI=1S/C16H21N3O5/c20-14(12-15(21)18-7-10-23-11-8-18)17-3-5-19(6-4-17)16(22)13-2-1-9-24-13/h1-2,9H,3-8,10-12H2. The predicted molar refractivity (Wildman–Crippen MR) is 83.2 cm³/mol. The van der Waals surface area contributed by atoms with Crippen LogP contribution in [0.4, 0.5) is 0 Å². The van der Waals surface area contributed by atoms with Gasteiger partial charge in [0.2, 0.25) is 11.8 Å². The Labute approximate surface area is 139 Å². The fourth-order valence-electron chi connectivity index (χ4n) is 2.88. The average Bonchev–Trinajstić information content (AvgIpc) is 3.16. The maximum atomic E-state index is 12.3. The van der Waals surface area contributed by atoms with Gasteiger partial charge in [0, 0.05) is 39.3 Å². The molecule has 0 aliphatic carbocycles. The van der Waals surface area contributed by atoms with Crippen LogP contribution in [-0.4, -0.2) is 84.9 Å². The van der Waals surface area contributed by atoms with Gasteiger partial charge in [-0.05, 0) is 12.1 Å². The van der Waals surface area contributed by atoms with Crippen molar-refractivity contribution < 1.29 is 23.5 Å². The lowest BCUT2D eigenvalue weighted by Crippen LogP contribution is -2.51. The summed E-state index contributed by atoms with van der Waals surface area (Å²) < 4.78 is 10.3. The minimum atomic E-state index is -0.184. The molecule has 0 aromatic carbocycles. The van der Waals surface area contributed by atoms with Gasteiger partial charge in [0.1, 0.15) is 6.42 Å². The molecule has 0 bridgehead atoms. The first-order chi connectivity index (χ1) is 11.6. The van der Waals surface area contributed by atoms with Crippen LogP contribution in [0.15, 0.2) is 22.8 Å². The molecule has 8 heteroatoms. The molecule has 2 aliphatic heterocycles. The van der Waals surface area contributed by atoms with E-state index >= 15 is 0 Å². The molecule has 0 saturated carbocycles. The summed E-state index contributed by atoms with van der Waals surface area (Å²) in [6.07, 6.45) is 1.34. The molecule has 3 heterocycles. The van der Waals surface area contributed by atoms with Gasteiger partial charge in [0.15, 0.2) is 5.76 Å². The Hall–Kier alpha value is -2.35. The summed E-state index contributed by atoms with van der Waals surface area (Å²) in [7, 11) is 0. The molecular formula is C16H21N3O5. The van der Waals surface area contributed by atoms with Crippen molar-refractivity contribution in [2.45, 2.75) is 6.42 Å². The van der Waals surface area contributed by atoms with E-state index in [9.17, 15) is 14.4 Å². The summed E-state index contributed by atoms with van der Waals surface area (Å²) in [6.45, 7) is 3.87. The van der Waals surface area contributed by atoms with E-state index in [1.54, 1.807) is 26.8 Å². The van der Waals surface area contributed by atoms with Gasteiger partial charge in [-0.25, -0.2) is 0 Å². The van der Waals surface area contributed by atoms with Gasteiger partial charge >= 0.3 is 0 Å². The second kappa shape index (κ2) is 7.48. The van der Waals surface area contributed by atoms with Gasteiger partial charge in [0.05, 0.1) is 19.5 Å². The normalized spacial score (nSPS) is 18.6. The van der Waals surface area contributed by atoms with Gasteiger partial charge < -0.3 is 23.9 Å². The molecule has 2 fully saturated rings. The second-order valence-electron chi connectivity index (χ2n) is 5.82. The molecule has 1 aromatic heterocycles. The van der Waals surface area contributed by atoms with Crippen LogP contribution >= 0.6 is 0 Å². The van der Waals surface area contributed by atoms with Crippen molar-refractivity contribution in [2.75, 3.05) is 52.5 Å². The molecule has 0 unspecified atom stereocenters. The van der Waals surface area contributed by atoms with Crippen LogP contribution in [0.3, 0.4) is 0 Å². The highest BCUT2D eigenvalue weighted by Gasteiger charge is 2.28. The molecule has 2 aliphatic rings. The number of piperazine rings is 1. The van der Waals surface area contributed by atoms with E-state index in [0.29, 0.717) is 58.2 Å². The molecule has 3 rings (SSSR count). The molecule has 0 atom stereocenters. The Morgan fingerprint density at radius 2 is 1.46 bits per heavy atom. The highest BCUT2D eigenvalue weighted by Crippen LogP contribution is 2.11. The quantitative estimate of drug-likeness (QED) is 0.715. The van der Waals surface area contributed by atoms with E-state index in [2.05, 4.69) is 0 Å². The first kappa shape index (κ1) is 16.5. The zero-order valence-corrected chi connectivity index (χ0v) is 13.5. The SMILES string of the molecule is O=C(CC(=O)N1CCN(C(=O)c2ccco2)CC1)N1CCOCC1. The Kier molecular flexibility index (Phi) is 5.14. The van der Waals surface area contributed by atoms with Crippen molar-refractivity contribution in [3.8, 4) is 0 Å². The van der Waals surface area contributed by atoms with Crippen LogP contribution in [0.1, 0.15) is 17.0 Å². The number of furan rings is 1. The first-order valence-electron chi connectivity index (χ1n) is 8.11. The summed E-state index contributed by atoms with van der Waals surface area (Å²) in [6, 6.07) is 3.30. The van der Waals surface area contributed by atoms with Gasteiger partial charge in [-0.1, -0.05) is 0 Å². The van der Waals surface area contributed by atoms with E-state index in [1.165, 1.54) is 6.26 Å². The first-order valence-corrected chi connectivity index (χ1v) is 8.11. The summed E-state index contributed by atoms with van der Waals surface area (Å²) in [5.74, 6) is -0.206. The predicted octanol–water partition coefficient (Wildman–Crippen LogP) is -0.187. The van der Waals surface area contributed by atoms with Gasteiger partial charge in [0.25, 0.3) is 5.91 Å². The number of ether oxygens (including phenoxy) is 1. The van der Waals surface area contributed by atoms with E-state index in [4.69, 9.17) is 9.15 Å². The Morgan fingerprint density at radius 1 is 0.875 bits per heavy atom. The number of nitrogens with zero attached hydrogens (tertiary/aromatic N) is 3. The van der Waals surface area contributed by atoms with Crippen LogP contribution in [0, 0.1) is 0 Å². The van der Waals surface area contributed by atoms with Gasteiger partial charge in [-0.15, -0.1) is 0 Å². The Balaban J connectivity index is 1.46. The maximum Gasteiger partial charge on any atom is 0.289 e. The molecule has 1 aromatic rings. The zero-order valence-electron chi connectivity index (χ0n) is 13.5. The Bertz CT molecular complexity index is 587.